The van der Waals surface area contributed by atoms with E-state index < -0.39 is 17.9 Å². The number of anilines is 1. The SMILES string of the molecule is CC(C)OC(=O)[C@H](Cc1ccc(CC(=O)c2cc(CN(C)C)ccc2N)cc1)NC(=O)c1c(Cl)cccc1Cl. The maximum atomic E-state index is 13.0. The van der Waals surface area contributed by atoms with Crippen LogP contribution in [-0.4, -0.2) is 48.8 Å². The molecule has 7 nitrogen and oxygen atoms in total. The van der Waals surface area contributed by atoms with Gasteiger partial charge in [-0.3, -0.25) is 9.59 Å². The lowest BCUT2D eigenvalue weighted by Gasteiger charge is -2.20. The first-order valence-corrected chi connectivity index (χ1v) is 13.3. The molecular formula is C30H33Cl2N3O4. The van der Waals surface area contributed by atoms with E-state index in [1.54, 1.807) is 38.1 Å². The predicted octanol–water partition coefficient (Wildman–Crippen LogP) is 5.36. The maximum absolute atomic E-state index is 13.0. The largest absolute Gasteiger partial charge is 0.461 e. The molecule has 1 amide bonds. The van der Waals surface area contributed by atoms with Gasteiger partial charge in [0.25, 0.3) is 5.91 Å². The molecule has 0 radical (unpaired) electrons. The molecular weight excluding hydrogens is 537 g/mol. The van der Waals surface area contributed by atoms with Crippen molar-refractivity contribution in [3.05, 3.63) is 98.5 Å². The Morgan fingerprint density at radius 2 is 1.51 bits per heavy atom. The number of hydrogen-bond donors (Lipinski definition) is 2. The second-order valence-electron chi connectivity index (χ2n) is 9.89. The molecule has 3 N–H and O–H groups in total. The first-order valence-electron chi connectivity index (χ1n) is 12.5. The summed E-state index contributed by atoms with van der Waals surface area (Å²) in [5, 5.41) is 3.07. The number of esters is 1. The van der Waals surface area contributed by atoms with Crippen LogP contribution >= 0.6 is 23.2 Å². The number of carbonyl (C=O) groups excluding carboxylic acids is 3. The van der Waals surface area contributed by atoms with E-state index in [2.05, 4.69) is 5.32 Å². The number of Topliss-reactive ketones (excluding diaryl/α,β-unsaturated/α-hetero) is 1. The van der Waals surface area contributed by atoms with Crippen LogP contribution < -0.4 is 11.1 Å². The highest BCUT2D eigenvalue weighted by Crippen LogP contribution is 2.24. The molecule has 3 aromatic rings. The lowest BCUT2D eigenvalue weighted by atomic mass is 9.97. The normalized spacial score (nSPS) is 11.9. The van der Waals surface area contributed by atoms with Crippen molar-refractivity contribution in [3.63, 3.8) is 0 Å². The van der Waals surface area contributed by atoms with E-state index in [9.17, 15) is 14.4 Å². The second kappa shape index (κ2) is 13.6. The zero-order valence-corrected chi connectivity index (χ0v) is 24.0. The molecule has 206 valence electrons. The summed E-state index contributed by atoms with van der Waals surface area (Å²) in [6.45, 7) is 4.17. The minimum atomic E-state index is -0.973. The fraction of sp³-hybridized carbons (Fsp3) is 0.300. The summed E-state index contributed by atoms with van der Waals surface area (Å²) in [4.78, 5) is 40.8. The molecule has 0 saturated carbocycles. The number of amides is 1. The number of nitrogens with zero attached hydrogens (tertiary/aromatic N) is 1. The molecule has 0 bridgehead atoms. The molecule has 3 rings (SSSR count). The molecule has 0 aliphatic rings. The third kappa shape index (κ3) is 8.55. The predicted molar refractivity (Wildman–Crippen MR) is 155 cm³/mol. The van der Waals surface area contributed by atoms with Crippen LogP contribution in [0.25, 0.3) is 0 Å². The Hall–Kier alpha value is -3.39. The van der Waals surface area contributed by atoms with Crippen LogP contribution in [0, 0.1) is 0 Å². The van der Waals surface area contributed by atoms with Gasteiger partial charge in [0.15, 0.2) is 5.78 Å². The quantitative estimate of drug-likeness (QED) is 0.183. The standard InChI is InChI=1S/C30H33Cl2N3O4/c1-18(2)39-30(38)26(34-29(37)28-23(31)6-5-7-24(28)32)15-19-8-10-20(11-9-19)16-27(36)22-14-21(17-35(3)4)12-13-25(22)33/h5-14,18,26H,15-17,33H2,1-4H3,(H,34,37)/t26-/m0/s1. The Bertz CT molecular complexity index is 1320. The number of ether oxygens (including phenoxy) is 1. The van der Waals surface area contributed by atoms with Gasteiger partial charge < -0.3 is 20.7 Å². The Labute approximate surface area is 239 Å². The number of nitrogens with two attached hydrogens (primary N) is 1. The van der Waals surface area contributed by atoms with Crippen molar-refractivity contribution in [2.45, 2.75) is 45.4 Å². The van der Waals surface area contributed by atoms with Crippen LogP contribution in [0.2, 0.25) is 10.0 Å². The molecule has 0 aliphatic heterocycles. The van der Waals surface area contributed by atoms with Gasteiger partial charge >= 0.3 is 5.97 Å². The molecule has 0 unspecified atom stereocenters. The fourth-order valence-electron chi connectivity index (χ4n) is 4.07. The Morgan fingerprint density at radius 1 is 0.923 bits per heavy atom. The van der Waals surface area contributed by atoms with Crippen LogP contribution in [0.3, 0.4) is 0 Å². The molecule has 0 aliphatic carbocycles. The summed E-state index contributed by atoms with van der Waals surface area (Å²) < 4.78 is 5.37. The summed E-state index contributed by atoms with van der Waals surface area (Å²) in [6.07, 6.45) is -0.0123. The molecule has 0 fully saturated rings. The van der Waals surface area contributed by atoms with Gasteiger partial charge in [-0.2, -0.15) is 0 Å². The second-order valence-corrected chi connectivity index (χ2v) is 10.7. The van der Waals surface area contributed by atoms with Gasteiger partial charge in [0.2, 0.25) is 0 Å². The van der Waals surface area contributed by atoms with Crippen molar-refractivity contribution >= 4 is 46.5 Å². The Kier molecular flexibility index (Phi) is 10.5. The topological polar surface area (TPSA) is 102 Å². The number of carbonyl (C=O) groups is 3. The summed E-state index contributed by atoms with van der Waals surface area (Å²) in [6, 6.07) is 16.6. The van der Waals surface area contributed by atoms with Gasteiger partial charge in [-0.15, -0.1) is 0 Å². The number of benzene rings is 3. The summed E-state index contributed by atoms with van der Waals surface area (Å²) in [7, 11) is 3.92. The van der Waals surface area contributed by atoms with E-state index in [-0.39, 0.29) is 40.3 Å². The number of halogens is 2. The van der Waals surface area contributed by atoms with Gasteiger partial charge in [0.05, 0.1) is 21.7 Å². The van der Waals surface area contributed by atoms with E-state index in [4.69, 9.17) is 33.7 Å². The molecule has 9 heteroatoms. The van der Waals surface area contributed by atoms with Crippen LogP contribution in [0.5, 0.6) is 0 Å². The molecule has 1 atom stereocenters. The van der Waals surface area contributed by atoms with Crippen molar-refractivity contribution < 1.29 is 19.1 Å². The van der Waals surface area contributed by atoms with Crippen LogP contribution in [-0.2, 0) is 28.9 Å². The minimum Gasteiger partial charge on any atom is -0.461 e. The summed E-state index contributed by atoms with van der Waals surface area (Å²) in [5.74, 6) is -1.23. The van der Waals surface area contributed by atoms with Crippen LogP contribution in [0.4, 0.5) is 5.69 Å². The monoisotopic (exact) mass is 569 g/mol. The van der Waals surface area contributed by atoms with E-state index >= 15 is 0 Å². The van der Waals surface area contributed by atoms with Crippen molar-refractivity contribution in [2.75, 3.05) is 19.8 Å². The molecule has 0 heterocycles. The van der Waals surface area contributed by atoms with Crippen LogP contribution in [0.1, 0.15) is 51.3 Å². The van der Waals surface area contributed by atoms with Crippen molar-refractivity contribution in [1.29, 1.82) is 0 Å². The van der Waals surface area contributed by atoms with E-state index in [1.807, 2.05) is 55.4 Å². The maximum Gasteiger partial charge on any atom is 0.329 e. The van der Waals surface area contributed by atoms with Gasteiger partial charge in [0.1, 0.15) is 6.04 Å². The average molecular weight is 571 g/mol. The zero-order valence-electron chi connectivity index (χ0n) is 22.5. The highest BCUT2D eigenvalue weighted by molar-refractivity contribution is 6.39. The zero-order chi connectivity index (χ0) is 28.7. The van der Waals surface area contributed by atoms with Gasteiger partial charge in [-0.05, 0) is 68.9 Å². The van der Waals surface area contributed by atoms with E-state index in [1.165, 1.54) is 0 Å². The van der Waals surface area contributed by atoms with E-state index in [0.29, 0.717) is 17.8 Å². The number of ketones is 1. The third-order valence-corrected chi connectivity index (χ3v) is 6.51. The first-order chi connectivity index (χ1) is 18.4. The van der Waals surface area contributed by atoms with Crippen LogP contribution in [0.15, 0.2) is 60.7 Å². The highest BCUT2D eigenvalue weighted by atomic mass is 35.5. The van der Waals surface area contributed by atoms with Gasteiger partial charge in [-0.1, -0.05) is 59.6 Å². The molecule has 3 aromatic carbocycles. The average Bonchev–Trinajstić information content (AvgIpc) is 2.85. The molecule has 0 saturated heterocycles. The first kappa shape index (κ1) is 30.2. The third-order valence-electron chi connectivity index (χ3n) is 5.88. The Balaban J connectivity index is 1.74. The number of nitrogen functional groups attached to an aromatic ring is 1. The molecule has 39 heavy (non-hydrogen) atoms. The fourth-order valence-corrected chi connectivity index (χ4v) is 4.64. The number of rotatable bonds is 11. The van der Waals surface area contributed by atoms with Crippen molar-refractivity contribution in [1.82, 2.24) is 10.2 Å². The van der Waals surface area contributed by atoms with E-state index in [0.717, 1.165) is 16.7 Å². The van der Waals surface area contributed by atoms with Crippen molar-refractivity contribution in [3.8, 4) is 0 Å². The molecule has 0 spiro atoms. The molecule has 0 aromatic heterocycles. The van der Waals surface area contributed by atoms with Gasteiger partial charge in [0, 0.05) is 30.6 Å². The van der Waals surface area contributed by atoms with Gasteiger partial charge in [-0.25, -0.2) is 4.79 Å². The highest BCUT2D eigenvalue weighted by Gasteiger charge is 2.26. The minimum absolute atomic E-state index is 0.0804. The summed E-state index contributed by atoms with van der Waals surface area (Å²) >= 11 is 12.4. The lowest BCUT2D eigenvalue weighted by molar-refractivity contribution is -0.149. The number of hydrogen-bond acceptors (Lipinski definition) is 6. The summed E-state index contributed by atoms with van der Waals surface area (Å²) in [5.41, 5.74) is 9.70. The number of nitrogens with one attached hydrogen (secondary N) is 1. The van der Waals surface area contributed by atoms with Crippen molar-refractivity contribution in [2.24, 2.45) is 0 Å². The Morgan fingerprint density at radius 3 is 2.10 bits per heavy atom. The smallest absolute Gasteiger partial charge is 0.329 e. The lowest BCUT2D eigenvalue weighted by Crippen LogP contribution is -2.44.